The Hall–Kier alpha value is -2.96. The molecule has 2 aromatic rings. The molecule has 0 radical (unpaired) electrons. The summed E-state index contributed by atoms with van der Waals surface area (Å²) in [6.45, 7) is 7.19. The maximum absolute atomic E-state index is 13.3. The zero-order valence-corrected chi connectivity index (χ0v) is 16.7. The fourth-order valence-electron chi connectivity index (χ4n) is 3.35. The van der Waals surface area contributed by atoms with Crippen LogP contribution in [0.25, 0.3) is 0 Å². The average molecular weight is 384 g/mol. The largest absolute Gasteiger partial charge is 0.460 e. The van der Waals surface area contributed by atoms with E-state index in [4.69, 9.17) is 10.5 Å². The third kappa shape index (κ3) is 3.21. The minimum Gasteiger partial charge on any atom is -0.460 e. The van der Waals surface area contributed by atoms with E-state index >= 15 is 0 Å². The van der Waals surface area contributed by atoms with Gasteiger partial charge in [-0.1, -0.05) is 19.9 Å². The van der Waals surface area contributed by atoms with Crippen LogP contribution in [0.2, 0.25) is 0 Å². The minimum atomic E-state index is -1.43. The molecule has 0 fully saturated rings. The van der Waals surface area contributed by atoms with E-state index in [1.54, 1.807) is 44.4 Å². The topological polar surface area (TPSA) is 80.8 Å². The number of aliphatic imine (C=N–C) groups is 1. The number of likely N-dealkylation sites (N-methyl/N-ethyl adjacent to an activating group) is 1. The van der Waals surface area contributed by atoms with Gasteiger partial charge in [0.2, 0.25) is 6.36 Å². The first-order chi connectivity index (χ1) is 13.2. The Morgan fingerprint density at radius 2 is 1.86 bits per heavy atom. The molecule has 0 saturated heterocycles. The van der Waals surface area contributed by atoms with Crippen LogP contribution in [0.4, 0.5) is 4.39 Å². The molecule has 148 valence electrons. The monoisotopic (exact) mass is 384 g/mol. The van der Waals surface area contributed by atoms with Crippen LogP contribution in [-0.4, -0.2) is 35.2 Å². The van der Waals surface area contributed by atoms with Gasteiger partial charge < -0.3 is 10.5 Å². The summed E-state index contributed by atoms with van der Waals surface area (Å²) < 4.78 is 18.5. The van der Waals surface area contributed by atoms with Crippen LogP contribution in [0.5, 0.6) is 5.75 Å². The van der Waals surface area contributed by atoms with Crippen molar-refractivity contribution in [2.24, 2.45) is 10.7 Å². The highest BCUT2D eigenvalue weighted by molar-refractivity contribution is 6.08. The van der Waals surface area contributed by atoms with Gasteiger partial charge in [-0.15, -0.1) is 0 Å². The molecule has 0 saturated carbocycles. The number of aryl methyl sites for hydroxylation is 1. The van der Waals surface area contributed by atoms with Crippen molar-refractivity contribution in [3.63, 3.8) is 0 Å². The number of alkyl halides is 1. The van der Waals surface area contributed by atoms with Crippen molar-refractivity contribution in [1.82, 2.24) is 9.88 Å². The molecule has 1 amide bonds. The lowest BCUT2D eigenvalue weighted by Crippen LogP contribution is -2.41. The first-order valence-electron chi connectivity index (χ1n) is 9.18. The summed E-state index contributed by atoms with van der Waals surface area (Å²) in [5, 5.41) is 0. The van der Waals surface area contributed by atoms with Crippen LogP contribution in [0, 0.1) is 6.92 Å². The van der Waals surface area contributed by atoms with Crippen LogP contribution in [-0.2, 0) is 10.3 Å². The number of halogens is 1. The average Bonchev–Trinajstić information content (AvgIpc) is 2.88. The SMILES string of the molecule is Cc1cc(C2(c3ccnc(C(C)C)c3)N=C(N)N(C)C2=O)ccc1OC(C)F. The minimum absolute atomic E-state index is 0.142. The number of ether oxygens (including phenoxy) is 1. The van der Waals surface area contributed by atoms with Crippen LogP contribution < -0.4 is 10.5 Å². The molecular formula is C21H25FN4O2. The van der Waals surface area contributed by atoms with Crippen LogP contribution in [0.3, 0.4) is 0 Å². The van der Waals surface area contributed by atoms with Gasteiger partial charge in [0.25, 0.3) is 5.91 Å². The summed E-state index contributed by atoms with van der Waals surface area (Å²) in [5.41, 5.74) is 7.60. The van der Waals surface area contributed by atoms with Crippen molar-refractivity contribution >= 4 is 11.9 Å². The highest BCUT2D eigenvalue weighted by atomic mass is 19.1. The van der Waals surface area contributed by atoms with Crippen molar-refractivity contribution in [3.05, 3.63) is 58.9 Å². The highest BCUT2D eigenvalue weighted by Gasteiger charge is 2.49. The zero-order chi connectivity index (χ0) is 20.6. The molecular weight excluding hydrogens is 359 g/mol. The predicted molar refractivity (Wildman–Crippen MR) is 106 cm³/mol. The van der Waals surface area contributed by atoms with Crippen molar-refractivity contribution in [2.45, 2.75) is 45.5 Å². The molecule has 7 heteroatoms. The number of guanidine groups is 1. The van der Waals surface area contributed by atoms with Crippen LogP contribution >= 0.6 is 0 Å². The number of carbonyl (C=O) groups is 1. The van der Waals surface area contributed by atoms with Gasteiger partial charge in [0.1, 0.15) is 5.75 Å². The second kappa shape index (κ2) is 7.22. The Balaban J connectivity index is 2.21. The number of pyridine rings is 1. The van der Waals surface area contributed by atoms with E-state index in [-0.39, 0.29) is 17.8 Å². The predicted octanol–water partition coefficient (Wildman–Crippen LogP) is 3.24. The summed E-state index contributed by atoms with van der Waals surface area (Å²) in [6.07, 6.45) is 0.249. The zero-order valence-electron chi connectivity index (χ0n) is 16.7. The number of hydrogen-bond acceptors (Lipinski definition) is 5. The Bertz CT molecular complexity index is 942. The molecule has 0 aliphatic carbocycles. The van der Waals surface area contributed by atoms with Gasteiger partial charge in [0, 0.05) is 25.9 Å². The quantitative estimate of drug-likeness (QED) is 0.858. The van der Waals surface area contributed by atoms with Crippen molar-refractivity contribution in [3.8, 4) is 5.75 Å². The number of hydrogen-bond donors (Lipinski definition) is 1. The van der Waals surface area contributed by atoms with Gasteiger partial charge in [-0.2, -0.15) is 0 Å². The van der Waals surface area contributed by atoms with Crippen LogP contribution in [0.15, 0.2) is 41.5 Å². The lowest BCUT2D eigenvalue weighted by molar-refractivity contribution is -0.129. The Labute approximate surface area is 164 Å². The summed E-state index contributed by atoms with van der Waals surface area (Å²) >= 11 is 0. The fourth-order valence-corrected chi connectivity index (χ4v) is 3.35. The maximum Gasteiger partial charge on any atom is 0.266 e. The number of nitrogens with zero attached hydrogens (tertiary/aromatic N) is 3. The molecule has 2 unspecified atom stereocenters. The van der Waals surface area contributed by atoms with E-state index in [9.17, 15) is 9.18 Å². The summed E-state index contributed by atoms with van der Waals surface area (Å²) in [6, 6.07) is 8.85. The molecule has 0 bridgehead atoms. The van der Waals surface area contributed by atoms with E-state index in [0.717, 1.165) is 5.69 Å². The molecule has 1 aliphatic rings. The Kier molecular flexibility index (Phi) is 5.10. The number of carbonyl (C=O) groups excluding carboxylic acids is 1. The van der Waals surface area contributed by atoms with Gasteiger partial charge in [-0.3, -0.25) is 14.7 Å². The number of benzene rings is 1. The number of amides is 1. The number of rotatable bonds is 5. The fraction of sp³-hybridized carbons (Fsp3) is 0.381. The highest BCUT2D eigenvalue weighted by Crippen LogP contribution is 2.41. The molecule has 3 rings (SSSR count). The molecule has 1 aliphatic heterocycles. The Morgan fingerprint density at radius 3 is 2.39 bits per heavy atom. The molecule has 1 aromatic carbocycles. The Morgan fingerprint density at radius 1 is 1.18 bits per heavy atom. The van der Waals surface area contributed by atoms with Crippen LogP contribution in [0.1, 0.15) is 49.1 Å². The smallest absolute Gasteiger partial charge is 0.266 e. The molecule has 2 heterocycles. The van der Waals surface area contributed by atoms with Crippen molar-refractivity contribution in [2.75, 3.05) is 7.05 Å². The van der Waals surface area contributed by atoms with E-state index < -0.39 is 11.9 Å². The van der Waals surface area contributed by atoms with Gasteiger partial charge in [0.05, 0.1) is 0 Å². The summed E-state index contributed by atoms with van der Waals surface area (Å²) in [7, 11) is 1.60. The molecule has 28 heavy (non-hydrogen) atoms. The normalized spacial score (nSPS) is 20.5. The standard InChI is InChI=1S/C21H25FN4O2/c1-12(2)17-11-16(8-9-24-17)21(19(27)26(5)20(23)25-21)15-6-7-18(13(3)10-15)28-14(4)22/h6-12,14H,1-5H3,(H2,23,25). The van der Waals surface area contributed by atoms with Gasteiger partial charge in [0.15, 0.2) is 11.5 Å². The molecule has 2 N–H and O–H groups in total. The second-order valence-electron chi connectivity index (χ2n) is 7.31. The molecule has 6 nitrogen and oxygen atoms in total. The number of nitrogens with two attached hydrogens (primary N) is 1. The van der Waals surface area contributed by atoms with Gasteiger partial charge in [-0.25, -0.2) is 9.38 Å². The van der Waals surface area contributed by atoms with E-state index in [0.29, 0.717) is 22.4 Å². The lowest BCUT2D eigenvalue weighted by Gasteiger charge is -2.27. The van der Waals surface area contributed by atoms with Crippen molar-refractivity contribution in [1.29, 1.82) is 0 Å². The molecule has 2 atom stereocenters. The van der Waals surface area contributed by atoms with E-state index in [1.165, 1.54) is 11.8 Å². The molecule has 1 aromatic heterocycles. The first-order valence-corrected chi connectivity index (χ1v) is 9.18. The van der Waals surface area contributed by atoms with Crippen molar-refractivity contribution < 1.29 is 13.9 Å². The van der Waals surface area contributed by atoms with E-state index in [1.807, 2.05) is 19.9 Å². The van der Waals surface area contributed by atoms with Gasteiger partial charge >= 0.3 is 0 Å². The third-order valence-corrected chi connectivity index (χ3v) is 4.91. The summed E-state index contributed by atoms with van der Waals surface area (Å²) in [4.78, 5) is 23.6. The van der Waals surface area contributed by atoms with Gasteiger partial charge in [-0.05, 0) is 53.8 Å². The summed E-state index contributed by atoms with van der Waals surface area (Å²) in [5.74, 6) is 0.500. The lowest BCUT2D eigenvalue weighted by atomic mass is 9.82. The molecule has 0 spiro atoms. The maximum atomic E-state index is 13.3. The number of aromatic nitrogens is 1. The van der Waals surface area contributed by atoms with E-state index in [2.05, 4.69) is 9.98 Å². The first kappa shape index (κ1) is 19.8. The third-order valence-electron chi connectivity index (χ3n) is 4.91. The second-order valence-corrected chi connectivity index (χ2v) is 7.31.